The number of hydrogen-bond acceptors (Lipinski definition) is 3. The molecule has 1 aromatic carbocycles. The first-order valence-corrected chi connectivity index (χ1v) is 10.2. The molecule has 19 heavy (non-hydrogen) atoms. The molecule has 0 aromatic heterocycles. The van der Waals surface area contributed by atoms with E-state index in [4.69, 9.17) is 0 Å². The van der Waals surface area contributed by atoms with Crippen LogP contribution in [0, 0.1) is 0 Å². The largest absolute Gasteiger partial charge is 0.218 e. The van der Waals surface area contributed by atoms with E-state index in [1.54, 1.807) is 4.24 Å². The molecule has 0 aliphatic carbocycles. The molecular weight excluding hydrogens is 308 g/mol. The minimum Gasteiger partial charge on any atom is -0.0844 e. The van der Waals surface area contributed by atoms with Crippen LogP contribution in [0.3, 0.4) is 0 Å². The van der Waals surface area contributed by atoms with Crippen molar-refractivity contribution in [3.8, 4) is 0 Å². The highest BCUT2D eigenvalue weighted by Crippen LogP contribution is 2.49. The summed E-state index contributed by atoms with van der Waals surface area (Å²) in [5.74, 6) is 0. The van der Waals surface area contributed by atoms with Crippen molar-refractivity contribution in [2.24, 2.45) is 0 Å². The zero-order valence-electron chi connectivity index (χ0n) is 10.6. The van der Waals surface area contributed by atoms with Gasteiger partial charge in [-0.1, -0.05) is 53.9 Å². The maximum Gasteiger partial charge on any atom is 0.218 e. The zero-order chi connectivity index (χ0) is 13.1. The number of hydrogen-bond donors (Lipinski definition) is 0. The second kappa shape index (κ2) is 6.53. The van der Waals surface area contributed by atoms with Gasteiger partial charge in [-0.05, 0) is 35.1 Å². The van der Waals surface area contributed by atoms with Gasteiger partial charge < -0.3 is 0 Å². The van der Waals surface area contributed by atoms with Crippen LogP contribution in [-0.2, 0) is 17.3 Å². The van der Waals surface area contributed by atoms with Crippen LogP contribution in [-0.4, -0.2) is 5.25 Å². The highest BCUT2D eigenvalue weighted by atomic mass is 32.2. The van der Waals surface area contributed by atoms with Gasteiger partial charge in [0.15, 0.2) is 0 Å². The zero-order valence-corrected chi connectivity index (χ0v) is 13.9. The molecule has 0 fully saturated rings. The fraction of sp³-hybridized carbons (Fsp3) is 0.200. The van der Waals surface area contributed by atoms with Gasteiger partial charge in [0.05, 0.1) is 10.9 Å². The third kappa shape index (κ3) is 3.30. The molecule has 98 valence electrons. The molecule has 0 bridgehead atoms. The SMILES string of the molecule is CC(Cc1ccccc1)[S+]1C=CSC1=C1SC=CS1. The molecule has 2 aliphatic rings. The molecule has 0 saturated carbocycles. The molecule has 0 amide bonds. The van der Waals surface area contributed by atoms with Gasteiger partial charge in [-0.2, -0.15) is 0 Å². The normalized spacial score (nSPS) is 23.3. The summed E-state index contributed by atoms with van der Waals surface area (Å²) in [5, 5.41) is 9.73. The van der Waals surface area contributed by atoms with E-state index >= 15 is 0 Å². The van der Waals surface area contributed by atoms with Crippen LogP contribution >= 0.6 is 35.3 Å². The van der Waals surface area contributed by atoms with Crippen molar-refractivity contribution in [3.63, 3.8) is 0 Å². The Morgan fingerprint density at radius 1 is 1.00 bits per heavy atom. The number of rotatable bonds is 3. The minimum atomic E-state index is 0.280. The molecule has 1 aromatic rings. The van der Waals surface area contributed by atoms with Gasteiger partial charge in [-0.15, -0.1) is 0 Å². The summed E-state index contributed by atoms with van der Waals surface area (Å²) < 4.78 is 3.06. The Labute approximate surface area is 130 Å². The average molecular weight is 324 g/mol. The average Bonchev–Trinajstić information content (AvgIpc) is 3.10. The van der Waals surface area contributed by atoms with Gasteiger partial charge in [0.1, 0.15) is 14.9 Å². The van der Waals surface area contributed by atoms with Crippen LogP contribution in [0.1, 0.15) is 12.5 Å². The lowest BCUT2D eigenvalue weighted by atomic mass is 10.1. The Bertz CT molecular complexity index is 520. The molecule has 0 N–H and O–H groups in total. The lowest BCUT2D eigenvalue weighted by molar-refractivity contribution is 0.940. The lowest BCUT2D eigenvalue weighted by Crippen LogP contribution is -2.18. The summed E-state index contributed by atoms with van der Waals surface area (Å²) >= 11 is 5.67. The lowest BCUT2D eigenvalue weighted by Gasteiger charge is -2.11. The van der Waals surface area contributed by atoms with Crippen molar-refractivity contribution in [2.75, 3.05) is 0 Å². The maximum absolute atomic E-state index is 2.40. The molecule has 4 heteroatoms. The fourth-order valence-electron chi connectivity index (χ4n) is 2.07. The molecular formula is C15H15S4+. The van der Waals surface area contributed by atoms with E-state index in [0.29, 0.717) is 5.25 Å². The van der Waals surface area contributed by atoms with E-state index in [1.807, 2.05) is 35.3 Å². The summed E-state index contributed by atoms with van der Waals surface area (Å²) in [5.41, 5.74) is 1.45. The molecule has 0 radical (unpaired) electrons. The van der Waals surface area contributed by atoms with Gasteiger partial charge in [0, 0.05) is 11.8 Å². The van der Waals surface area contributed by atoms with Gasteiger partial charge in [0.2, 0.25) is 4.24 Å². The summed E-state index contributed by atoms with van der Waals surface area (Å²) in [7, 11) is 0.280. The van der Waals surface area contributed by atoms with Gasteiger partial charge in [-0.3, -0.25) is 0 Å². The van der Waals surface area contributed by atoms with Crippen molar-refractivity contribution in [1.82, 2.24) is 0 Å². The fourth-order valence-corrected chi connectivity index (χ4v) is 8.46. The molecule has 0 nitrogen and oxygen atoms in total. The van der Waals surface area contributed by atoms with Gasteiger partial charge in [-0.25, -0.2) is 0 Å². The predicted molar refractivity (Wildman–Crippen MR) is 95.1 cm³/mol. The van der Waals surface area contributed by atoms with Gasteiger partial charge in [0.25, 0.3) is 0 Å². The van der Waals surface area contributed by atoms with E-state index in [2.05, 4.69) is 58.9 Å². The Morgan fingerprint density at radius 3 is 2.47 bits per heavy atom. The van der Waals surface area contributed by atoms with Crippen LogP contribution in [0.2, 0.25) is 0 Å². The minimum absolute atomic E-state index is 0.280. The highest BCUT2D eigenvalue weighted by molar-refractivity contribution is 8.32. The Hall–Kier alpha value is -0.160. The van der Waals surface area contributed by atoms with E-state index < -0.39 is 0 Å². The first-order valence-electron chi connectivity index (χ1n) is 6.16. The monoisotopic (exact) mass is 323 g/mol. The smallest absolute Gasteiger partial charge is 0.0844 e. The quantitative estimate of drug-likeness (QED) is 0.671. The van der Waals surface area contributed by atoms with Crippen LogP contribution in [0.4, 0.5) is 0 Å². The summed E-state index contributed by atoms with van der Waals surface area (Å²) in [6, 6.07) is 10.8. The summed E-state index contributed by atoms with van der Waals surface area (Å²) in [6.07, 6.45) is 1.16. The second-order valence-electron chi connectivity index (χ2n) is 4.34. The van der Waals surface area contributed by atoms with Crippen molar-refractivity contribution in [2.45, 2.75) is 18.6 Å². The van der Waals surface area contributed by atoms with Crippen LogP contribution in [0.5, 0.6) is 0 Å². The van der Waals surface area contributed by atoms with E-state index in [-0.39, 0.29) is 10.9 Å². The van der Waals surface area contributed by atoms with Crippen molar-refractivity contribution in [3.05, 3.63) is 66.0 Å². The Balaban J connectivity index is 1.74. The molecule has 3 rings (SSSR count). The van der Waals surface area contributed by atoms with Crippen molar-refractivity contribution in [1.29, 1.82) is 0 Å². The predicted octanol–water partition coefficient (Wildman–Crippen LogP) is 5.53. The number of thioether (sulfide) groups is 3. The van der Waals surface area contributed by atoms with E-state index in [0.717, 1.165) is 6.42 Å². The van der Waals surface area contributed by atoms with E-state index in [1.165, 1.54) is 9.80 Å². The summed E-state index contributed by atoms with van der Waals surface area (Å²) in [6.45, 7) is 2.38. The Kier molecular flexibility index (Phi) is 4.74. The molecule has 2 unspecified atom stereocenters. The molecule has 0 spiro atoms. The topological polar surface area (TPSA) is 0 Å². The number of benzene rings is 1. The molecule has 0 saturated heterocycles. The maximum atomic E-state index is 2.40. The van der Waals surface area contributed by atoms with E-state index in [9.17, 15) is 0 Å². The van der Waals surface area contributed by atoms with Gasteiger partial charge >= 0.3 is 0 Å². The third-order valence-electron chi connectivity index (χ3n) is 2.96. The first-order chi connectivity index (χ1) is 9.34. The van der Waals surface area contributed by atoms with Crippen molar-refractivity contribution < 1.29 is 0 Å². The standard InChI is InChI=1S/C15H15S4/c1-12(11-13-5-3-2-4-6-13)19-10-9-18-15(19)14-16-7-8-17-14/h2-10,12H,11H2,1H3/q+1. The molecule has 2 heterocycles. The highest BCUT2D eigenvalue weighted by Gasteiger charge is 2.37. The van der Waals surface area contributed by atoms with Crippen molar-refractivity contribution >= 4 is 46.2 Å². The second-order valence-corrected chi connectivity index (χ2v) is 9.84. The van der Waals surface area contributed by atoms with Crippen LogP contribution in [0.15, 0.2) is 60.4 Å². The van der Waals surface area contributed by atoms with Crippen LogP contribution < -0.4 is 0 Å². The molecule has 2 aliphatic heterocycles. The molecule has 2 atom stereocenters. The summed E-state index contributed by atoms with van der Waals surface area (Å²) in [4.78, 5) is 0. The Morgan fingerprint density at radius 2 is 1.74 bits per heavy atom. The third-order valence-corrected chi connectivity index (χ3v) is 9.43. The first kappa shape index (κ1) is 13.8. The van der Waals surface area contributed by atoms with Crippen LogP contribution in [0.25, 0.3) is 0 Å².